The largest absolute Gasteiger partial charge is 0.432 e. The van der Waals surface area contributed by atoms with Gasteiger partial charge in [-0.15, -0.1) is 0 Å². The van der Waals surface area contributed by atoms with E-state index in [-0.39, 0.29) is 17.4 Å². The third-order valence-corrected chi connectivity index (χ3v) is 3.75. The van der Waals surface area contributed by atoms with E-state index in [1.165, 1.54) is 12.4 Å². The number of amides is 1. The quantitative estimate of drug-likeness (QED) is 0.450. The molecule has 0 aliphatic heterocycles. The van der Waals surface area contributed by atoms with Crippen molar-refractivity contribution in [3.05, 3.63) is 75.3 Å². The summed E-state index contributed by atoms with van der Waals surface area (Å²) in [6.45, 7) is 0. The van der Waals surface area contributed by atoms with Gasteiger partial charge < -0.3 is 4.74 Å². The van der Waals surface area contributed by atoms with Gasteiger partial charge in [0.1, 0.15) is 12.1 Å². The Bertz CT molecular complexity index is 968. The Hall–Kier alpha value is -3.60. The fraction of sp³-hybridized carbons (Fsp3) is 0. The standard InChI is InChI=1S/C16H11BrN6O4/c17-11-5-3-10(4-6-11)15(24)22-21-14-13(23(25)26)16(20-9-19-14)27-12-2-1-7-18-8-12/h1-9H,(H,22,24)(H,19,20,21). The van der Waals surface area contributed by atoms with Crippen molar-refractivity contribution in [2.45, 2.75) is 0 Å². The molecular formula is C16H11BrN6O4. The first-order valence-corrected chi connectivity index (χ1v) is 8.23. The highest BCUT2D eigenvalue weighted by molar-refractivity contribution is 9.10. The highest BCUT2D eigenvalue weighted by Crippen LogP contribution is 2.33. The molecule has 136 valence electrons. The molecule has 0 unspecified atom stereocenters. The number of nitro groups is 1. The number of benzene rings is 1. The first-order valence-electron chi connectivity index (χ1n) is 7.44. The normalized spacial score (nSPS) is 10.1. The molecule has 27 heavy (non-hydrogen) atoms. The second-order valence-corrected chi connectivity index (χ2v) is 5.93. The van der Waals surface area contributed by atoms with E-state index in [0.29, 0.717) is 5.56 Å². The summed E-state index contributed by atoms with van der Waals surface area (Å²) in [5.41, 5.74) is 4.61. The molecule has 0 saturated heterocycles. The Labute approximate surface area is 160 Å². The van der Waals surface area contributed by atoms with Crippen molar-refractivity contribution in [2.24, 2.45) is 0 Å². The number of halogens is 1. The number of rotatable bonds is 6. The van der Waals surface area contributed by atoms with E-state index in [2.05, 4.69) is 41.7 Å². The number of nitrogens with one attached hydrogen (secondary N) is 2. The van der Waals surface area contributed by atoms with Crippen LogP contribution in [0, 0.1) is 10.1 Å². The predicted molar refractivity (Wildman–Crippen MR) is 98.2 cm³/mol. The topological polar surface area (TPSA) is 132 Å². The van der Waals surface area contributed by atoms with Gasteiger partial charge in [-0.1, -0.05) is 15.9 Å². The smallest absolute Gasteiger partial charge is 0.374 e. The van der Waals surface area contributed by atoms with Crippen LogP contribution in [-0.2, 0) is 0 Å². The molecule has 0 radical (unpaired) electrons. The van der Waals surface area contributed by atoms with Crippen molar-refractivity contribution in [2.75, 3.05) is 5.43 Å². The van der Waals surface area contributed by atoms with E-state index in [0.717, 1.165) is 10.8 Å². The Kier molecular flexibility index (Phi) is 5.52. The highest BCUT2D eigenvalue weighted by atomic mass is 79.9. The van der Waals surface area contributed by atoms with Gasteiger partial charge in [-0.25, -0.2) is 4.98 Å². The number of anilines is 1. The molecule has 0 bridgehead atoms. The van der Waals surface area contributed by atoms with Crippen LogP contribution in [0.4, 0.5) is 11.5 Å². The van der Waals surface area contributed by atoms with Crippen LogP contribution in [0.3, 0.4) is 0 Å². The molecule has 0 saturated carbocycles. The molecule has 0 atom stereocenters. The number of hydrogen-bond donors (Lipinski definition) is 2. The fourth-order valence-corrected chi connectivity index (χ4v) is 2.27. The molecule has 3 aromatic rings. The van der Waals surface area contributed by atoms with E-state index in [9.17, 15) is 14.9 Å². The minimum Gasteiger partial charge on any atom is -0.432 e. The third kappa shape index (κ3) is 4.52. The molecule has 2 aromatic heterocycles. The monoisotopic (exact) mass is 430 g/mol. The summed E-state index contributed by atoms with van der Waals surface area (Å²) >= 11 is 3.27. The molecule has 1 aromatic carbocycles. The van der Waals surface area contributed by atoms with Crippen molar-refractivity contribution in [1.82, 2.24) is 20.4 Å². The molecule has 3 rings (SSSR count). The molecule has 0 fully saturated rings. The number of nitrogens with zero attached hydrogens (tertiary/aromatic N) is 4. The van der Waals surface area contributed by atoms with Gasteiger partial charge in [0.15, 0.2) is 0 Å². The van der Waals surface area contributed by atoms with Gasteiger partial charge in [0.25, 0.3) is 5.91 Å². The van der Waals surface area contributed by atoms with Gasteiger partial charge >= 0.3 is 11.6 Å². The number of aromatic nitrogens is 3. The number of hydrazine groups is 1. The number of carbonyl (C=O) groups excluding carboxylic acids is 1. The van der Waals surface area contributed by atoms with Crippen LogP contribution in [0.15, 0.2) is 59.6 Å². The predicted octanol–water partition coefficient (Wildman–Crippen LogP) is 3.09. The van der Waals surface area contributed by atoms with Gasteiger partial charge in [-0.05, 0) is 36.4 Å². The number of carbonyl (C=O) groups is 1. The van der Waals surface area contributed by atoms with Crippen molar-refractivity contribution < 1.29 is 14.5 Å². The summed E-state index contributed by atoms with van der Waals surface area (Å²) in [7, 11) is 0. The molecule has 1 amide bonds. The molecule has 10 nitrogen and oxygen atoms in total. The maximum absolute atomic E-state index is 12.1. The van der Waals surface area contributed by atoms with Crippen LogP contribution in [0.25, 0.3) is 0 Å². The molecule has 0 spiro atoms. The van der Waals surface area contributed by atoms with Crippen molar-refractivity contribution in [3.63, 3.8) is 0 Å². The maximum Gasteiger partial charge on any atom is 0.374 e. The highest BCUT2D eigenvalue weighted by Gasteiger charge is 2.25. The molecule has 2 heterocycles. The Morgan fingerprint density at radius 3 is 2.63 bits per heavy atom. The van der Waals surface area contributed by atoms with Crippen LogP contribution in [0.2, 0.25) is 0 Å². The number of pyridine rings is 1. The van der Waals surface area contributed by atoms with E-state index >= 15 is 0 Å². The summed E-state index contributed by atoms with van der Waals surface area (Å²) in [5.74, 6) is -0.739. The summed E-state index contributed by atoms with van der Waals surface area (Å²) in [6.07, 6.45) is 3.99. The van der Waals surface area contributed by atoms with E-state index < -0.39 is 16.5 Å². The van der Waals surface area contributed by atoms with Gasteiger partial charge in [0.05, 0.1) is 11.1 Å². The van der Waals surface area contributed by atoms with Crippen LogP contribution in [0.1, 0.15) is 10.4 Å². The fourth-order valence-electron chi connectivity index (χ4n) is 2.00. The number of hydrogen-bond acceptors (Lipinski definition) is 8. The molecular weight excluding hydrogens is 420 g/mol. The summed E-state index contributed by atoms with van der Waals surface area (Å²) < 4.78 is 6.22. The van der Waals surface area contributed by atoms with Crippen molar-refractivity contribution >= 4 is 33.3 Å². The SMILES string of the molecule is O=C(NNc1ncnc(Oc2cccnc2)c1[N+](=O)[O-])c1ccc(Br)cc1. The first kappa shape index (κ1) is 18.2. The third-order valence-electron chi connectivity index (χ3n) is 3.22. The number of ether oxygens (including phenoxy) is 1. The van der Waals surface area contributed by atoms with Gasteiger partial charge in [-0.2, -0.15) is 4.98 Å². The molecule has 11 heteroatoms. The second-order valence-electron chi connectivity index (χ2n) is 5.01. The van der Waals surface area contributed by atoms with E-state index in [1.807, 2.05) is 0 Å². The zero-order chi connectivity index (χ0) is 19.2. The minimum atomic E-state index is -0.709. The molecule has 2 N–H and O–H groups in total. The lowest BCUT2D eigenvalue weighted by Crippen LogP contribution is -2.30. The van der Waals surface area contributed by atoms with Crippen LogP contribution >= 0.6 is 15.9 Å². The van der Waals surface area contributed by atoms with Gasteiger partial charge in [0, 0.05) is 16.2 Å². The summed E-state index contributed by atoms with van der Waals surface area (Å²) in [4.78, 5) is 34.3. The minimum absolute atomic E-state index is 0.223. The van der Waals surface area contributed by atoms with Crippen molar-refractivity contribution in [3.8, 4) is 11.6 Å². The molecule has 0 aliphatic carbocycles. The van der Waals surface area contributed by atoms with E-state index in [1.54, 1.807) is 36.4 Å². The Morgan fingerprint density at radius 1 is 1.19 bits per heavy atom. The first-order chi connectivity index (χ1) is 13.0. The zero-order valence-corrected chi connectivity index (χ0v) is 15.1. The summed E-state index contributed by atoms with van der Waals surface area (Å²) in [6, 6.07) is 9.75. The van der Waals surface area contributed by atoms with Gasteiger partial charge in [-0.3, -0.25) is 30.7 Å². The Morgan fingerprint density at radius 2 is 1.96 bits per heavy atom. The van der Waals surface area contributed by atoms with Crippen LogP contribution < -0.4 is 15.6 Å². The maximum atomic E-state index is 12.1. The Balaban J connectivity index is 1.80. The van der Waals surface area contributed by atoms with Crippen LogP contribution in [0.5, 0.6) is 11.6 Å². The zero-order valence-electron chi connectivity index (χ0n) is 13.5. The lowest BCUT2D eigenvalue weighted by Gasteiger charge is -2.10. The average Bonchev–Trinajstić information content (AvgIpc) is 2.67. The van der Waals surface area contributed by atoms with Crippen LogP contribution in [-0.4, -0.2) is 25.8 Å². The second kappa shape index (κ2) is 8.19. The van der Waals surface area contributed by atoms with E-state index in [4.69, 9.17) is 4.74 Å². The lowest BCUT2D eigenvalue weighted by molar-refractivity contribution is -0.385. The summed E-state index contributed by atoms with van der Waals surface area (Å²) in [5, 5.41) is 11.5. The van der Waals surface area contributed by atoms with Crippen molar-refractivity contribution in [1.29, 1.82) is 0 Å². The average molecular weight is 431 g/mol. The molecule has 0 aliphatic rings. The van der Waals surface area contributed by atoms with Gasteiger partial charge in [0.2, 0.25) is 5.82 Å². The lowest BCUT2D eigenvalue weighted by atomic mass is 10.2.